The Labute approximate surface area is 91.9 Å². The van der Waals surface area contributed by atoms with Gasteiger partial charge >= 0.3 is 0 Å². The van der Waals surface area contributed by atoms with Crippen LogP contribution in [0.5, 0.6) is 0 Å². The van der Waals surface area contributed by atoms with Crippen LogP contribution in [0.1, 0.15) is 39.5 Å². The Hall–Kier alpha value is -0.590. The van der Waals surface area contributed by atoms with Crippen molar-refractivity contribution in [1.82, 2.24) is 0 Å². The maximum atomic E-state index is 11.8. The molecule has 4 unspecified atom stereocenters. The summed E-state index contributed by atoms with van der Waals surface area (Å²) in [4.78, 5) is 11.8. The molecule has 2 bridgehead atoms. The Morgan fingerprint density at radius 1 is 1.13 bits per heavy atom. The van der Waals surface area contributed by atoms with Gasteiger partial charge in [-0.15, -0.1) is 0 Å². The van der Waals surface area contributed by atoms with Gasteiger partial charge in [0.05, 0.1) is 0 Å². The molecule has 0 amide bonds. The van der Waals surface area contributed by atoms with Crippen molar-refractivity contribution in [1.29, 1.82) is 0 Å². The van der Waals surface area contributed by atoms with Gasteiger partial charge in [0, 0.05) is 5.92 Å². The van der Waals surface area contributed by atoms with E-state index in [0.717, 1.165) is 5.92 Å². The average Bonchev–Trinajstić information content (AvgIpc) is 2.81. The molecule has 0 aromatic carbocycles. The number of carbonyl (C=O) groups is 1. The number of Topliss-reactive ketones (excluding diaryl/α,β-unsaturated/α-hetero) is 1. The minimum absolute atomic E-state index is 0.323. The second-order valence-corrected chi connectivity index (χ2v) is 6.03. The molecule has 1 spiro atoms. The molecule has 3 aliphatic rings. The van der Waals surface area contributed by atoms with Crippen LogP contribution in [0.3, 0.4) is 0 Å². The molecule has 0 aromatic rings. The zero-order chi connectivity index (χ0) is 10.8. The maximum absolute atomic E-state index is 11.8. The van der Waals surface area contributed by atoms with Crippen LogP contribution in [0.4, 0.5) is 0 Å². The van der Waals surface area contributed by atoms with Crippen LogP contribution in [0.2, 0.25) is 0 Å². The standard InChI is InChI=1S/C14H20O/c1-8(2)12-10-4-5-11(13(12)9(3)15)14(10)6-7-14/h10-13H,1,4-7H2,2-3H3. The monoisotopic (exact) mass is 204 g/mol. The number of hydrogen-bond donors (Lipinski definition) is 0. The quantitative estimate of drug-likeness (QED) is 0.631. The van der Waals surface area contributed by atoms with E-state index in [2.05, 4.69) is 13.5 Å². The lowest BCUT2D eigenvalue weighted by Crippen LogP contribution is -2.28. The van der Waals surface area contributed by atoms with Gasteiger partial charge in [0.2, 0.25) is 0 Å². The van der Waals surface area contributed by atoms with Crippen molar-refractivity contribution in [3.8, 4) is 0 Å². The SMILES string of the molecule is C=C(C)C1C(C(C)=O)C2CCC1C21CC1. The molecule has 0 radical (unpaired) electrons. The van der Waals surface area contributed by atoms with Gasteiger partial charge in [0.15, 0.2) is 0 Å². The molecule has 3 rings (SSSR count). The minimum Gasteiger partial charge on any atom is -0.300 e. The van der Waals surface area contributed by atoms with Crippen LogP contribution in [0, 0.1) is 29.1 Å². The van der Waals surface area contributed by atoms with Crippen molar-refractivity contribution in [2.24, 2.45) is 29.1 Å². The van der Waals surface area contributed by atoms with Gasteiger partial charge in [-0.25, -0.2) is 0 Å². The van der Waals surface area contributed by atoms with E-state index in [4.69, 9.17) is 0 Å². The third-order valence-electron chi connectivity index (χ3n) is 5.39. The molecule has 3 saturated carbocycles. The van der Waals surface area contributed by atoms with E-state index in [1.165, 1.54) is 31.3 Å². The molecule has 0 heterocycles. The van der Waals surface area contributed by atoms with Gasteiger partial charge in [-0.3, -0.25) is 4.79 Å². The Bertz CT molecular complexity index is 307. The lowest BCUT2D eigenvalue weighted by atomic mass is 9.74. The molecule has 1 heteroatoms. The molecule has 3 fully saturated rings. The summed E-state index contributed by atoms with van der Waals surface area (Å²) in [7, 11) is 0. The fraction of sp³-hybridized carbons (Fsp3) is 0.786. The van der Waals surface area contributed by atoms with E-state index in [9.17, 15) is 4.79 Å². The van der Waals surface area contributed by atoms with E-state index in [1.807, 2.05) is 0 Å². The van der Waals surface area contributed by atoms with Crippen molar-refractivity contribution < 1.29 is 4.79 Å². The smallest absolute Gasteiger partial charge is 0.133 e. The molecule has 0 aromatic heterocycles. The second kappa shape index (κ2) is 2.75. The molecule has 1 nitrogen and oxygen atoms in total. The van der Waals surface area contributed by atoms with Crippen molar-refractivity contribution in [2.45, 2.75) is 39.5 Å². The lowest BCUT2D eigenvalue weighted by Gasteiger charge is -2.29. The van der Waals surface area contributed by atoms with Gasteiger partial charge < -0.3 is 0 Å². The largest absolute Gasteiger partial charge is 0.300 e. The van der Waals surface area contributed by atoms with Crippen molar-refractivity contribution >= 4 is 5.78 Å². The molecule has 15 heavy (non-hydrogen) atoms. The fourth-order valence-electron chi connectivity index (χ4n) is 4.86. The second-order valence-electron chi connectivity index (χ2n) is 6.03. The van der Waals surface area contributed by atoms with Crippen LogP contribution in [-0.2, 0) is 4.79 Å². The molecule has 82 valence electrons. The summed E-state index contributed by atoms with van der Waals surface area (Å²) in [5, 5.41) is 0. The van der Waals surface area contributed by atoms with Crippen LogP contribution in [0.15, 0.2) is 12.2 Å². The Morgan fingerprint density at radius 2 is 1.67 bits per heavy atom. The summed E-state index contributed by atoms with van der Waals surface area (Å²) in [6, 6.07) is 0. The average molecular weight is 204 g/mol. The highest BCUT2D eigenvalue weighted by atomic mass is 16.1. The predicted octanol–water partition coefficient (Wildman–Crippen LogP) is 3.20. The number of carbonyl (C=O) groups excluding carboxylic acids is 1. The van der Waals surface area contributed by atoms with E-state index >= 15 is 0 Å². The Balaban J connectivity index is 2.01. The summed E-state index contributed by atoms with van der Waals surface area (Å²) >= 11 is 0. The van der Waals surface area contributed by atoms with Gasteiger partial charge in [-0.2, -0.15) is 0 Å². The van der Waals surface area contributed by atoms with Crippen molar-refractivity contribution in [3.63, 3.8) is 0 Å². The molecule has 0 saturated heterocycles. The highest BCUT2D eigenvalue weighted by Crippen LogP contribution is 2.75. The van der Waals surface area contributed by atoms with Crippen LogP contribution in [0.25, 0.3) is 0 Å². The zero-order valence-corrected chi connectivity index (χ0v) is 9.75. The van der Waals surface area contributed by atoms with E-state index in [-0.39, 0.29) is 0 Å². The number of allylic oxidation sites excluding steroid dienone is 1. The topological polar surface area (TPSA) is 17.1 Å². The van der Waals surface area contributed by atoms with Gasteiger partial charge in [0.1, 0.15) is 5.78 Å². The van der Waals surface area contributed by atoms with Gasteiger partial charge in [0.25, 0.3) is 0 Å². The summed E-state index contributed by atoms with van der Waals surface area (Å²) in [6.07, 6.45) is 5.43. The number of ketones is 1. The zero-order valence-electron chi connectivity index (χ0n) is 9.75. The summed E-state index contributed by atoms with van der Waals surface area (Å²) in [5.41, 5.74) is 1.86. The number of hydrogen-bond acceptors (Lipinski definition) is 1. The highest BCUT2D eigenvalue weighted by Gasteiger charge is 2.69. The van der Waals surface area contributed by atoms with E-state index in [1.54, 1.807) is 6.92 Å². The molecule has 0 aliphatic heterocycles. The van der Waals surface area contributed by atoms with Crippen LogP contribution >= 0.6 is 0 Å². The molecular weight excluding hydrogens is 184 g/mol. The maximum Gasteiger partial charge on any atom is 0.133 e. The molecule has 4 atom stereocenters. The Kier molecular flexibility index (Phi) is 1.76. The van der Waals surface area contributed by atoms with Crippen molar-refractivity contribution in [3.05, 3.63) is 12.2 Å². The van der Waals surface area contributed by atoms with Crippen molar-refractivity contribution in [2.75, 3.05) is 0 Å². The first kappa shape index (κ1) is 9.62. The van der Waals surface area contributed by atoms with Crippen LogP contribution in [-0.4, -0.2) is 5.78 Å². The minimum atomic E-state index is 0.323. The summed E-state index contributed by atoms with van der Waals surface area (Å²) in [6.45, 7) is 8.04. The van der Waals surface area contributed by atoms with Gasteiger partial charge in [-0.05, 0) is 62.7 Å². The Morgan fingerprint density at radius 3 is 2.00 bits per heavy atom. The van der Waals surface area contributed by atoms with E-state index < -0.39 is 0 Å². The predicted molar refractivity (Wildman–Crippen MR) is 60.4 cm³/mol. The summed E-state index contributed by atoms with van der Waals surface area (Å²) in [5.74, 6) is 2.77. The third kappa shape index (κ3) is 1.02. The molecule has 3 aliphatic carbocycles. The molecule has 0 N–H and O–H groups in total. The number of rotatable bonds is 2. The molecular formula is C14H20O. The third-order valence-corrected chi connectivity index (χ3v) is 5.39. The first-order valence-electron chi connectivity index (χ1n) is 6.24. The lowest BCUT2D eigenvalue weighted by molar-refractivity contribution is -0.123. The van der Waals surface area contributed by atoms with Gasteiger partial charge in [-0.1, -0.05) is 12.2 Å². The van der Waals surface area contributed by atoms with Crippen LogP contribution < -0.4 is 0 Å². The summed E-state index contributed by atoms with van der Waals surface area (Å²) < 4.78 is 0. The highest BCUT2D eigenvalue weighted by molar-refractivity contribution is 5.80. The normalized spacial score (nSPS) is 44.7. The van der Waals surface area contributed by atoms with E-state index in [0.29, 0.717) is 29.0 Å². The first-order valence-corrected chi connectivity index (χ1v) is 6.24. The fourth-order valence-corrected chi connectivity index (χ4v) is 4.86. The first-order chi connectivity index (χ1) is 7.08.